The Morgan fingerprint density at radius 1 is 1.56 bits per heavy atom. The maximum Gasteiger partial charge on any atom is 0.289 e. The van der Waals surface area contributed by atoms with Gasteiger partial charge in [-0.15, -0.1) is 11.3 Å². The van der Waals surface area contributed by atoms with E-state index in [4.69, 9.17) is 22.2 Å². The lowest BCUT2D eigenvalue weighted by atomic mass is 10.3. The molecule has 0 aliphatic rings. The van der Waals surface area contributed by atoms with Crippen LogP contribution in [-0.4, -0.2) is 28.3 Å². The first kappa shape index (κ1) is 18.6. The van der Waals surface area contributed by atoms with Gasteiger partial charge in [-0.1, -0.05) is 16.8 Å². The summed E-state index contributed by atoms with van der Waals surface area (Å²) in [6.07, 6.45) is 0.315. The van der Waals surface area contributed by atoms with Crippen LogP contribution in [0.4, 0.5) is 11.4 Å². The van der Waals surface area contributed by atoms with Crippen molar-refractivity contribution >= 4 is 46.1 Å². The first-order valence-electron chi connectivity index (χ1n) is 6.94. The number of thiazole rings is 1. The number of anilines is 1. The molecular formula is C14H14ClN5O4S. The van der Waals surface area contributed by atoms with Gasteiger partial charge in [-0.2, -0.15) is 0 Å². The van der Waals surface area contributed by atoms with Gasteiger partial charge in [0.2, 0.25) is 0 Å². The zero-order valence-corrected chi connectivity index (χ0v) is 14.6. The molecular weight excluding hydrogens is 370 g/mol. The number of amidine groups is 1. The number of oxime groups is 1. The summed E-state index contributed by atoms with van der Waals surface area (Å²) in [6, 6.07) is 3.92. The quantitative estimate of drug-likeness (QED) is 0.326. The molecule has 1 heterocycles. The number of nitro groups is 1. The lowest BCUT2D eigenvalue weighted by molar-refractivity contribution is -0.384. The molecule has 3 N–H and O–H groups in total. The van der Waals surface area contributed by atoms with Gasteiger partial charge in [-0.05, 0) is 19.1 Å². The van der Waals surface area contributed by atoms with E-state index in [1.165, 1.54) is 23.5 Å². The highest BCUT2D eigenvalue weighted by Gasteiger charge is 2.14. The van der Waals surface area contributed by atoms with Crippen molar-refractivity contribution in [2.24, 2.45) is 10.9 Å². The Kier molecular flexibility index (Phi) is 6.25. The van der Waals surface area contributed by atoms with E-state index >= 15 is 0 Å². The molecule has 132 valence electrons. The molecule has 0 radical (unpaired) electrons. The highest BCUT2D eigenvalue weighted by Crippen LogP contribution is 2.27. The topological polar surface area (TPSA) is 133 Å². The summed E-state index contributed by atoms with van der Waals surface area (Å²) in [6.45, 7) is 1.48. The Hall–Kier alpha value is -2.72. The molecule has 1 aromatic carbocycles. The Morgan fingerprint density at radius 2 is 2.32 bits per heavy atom. The van der Waals surface area contributed by atoms with Gasteiger partial charge in [-0.3, -0.25) is 14.9 Å². The number of nitrogens with one attached hydrogen (secondary N) is 1. The fourth-order valence-corrected chi connectivity index (χ4v) is 2.61. The van der Waals surface area contributed by atoms with E-state index in [1.807, 2.05) is 12.3 Å². The monoisotopic (exact) mass is 383 g/mol. The van der Waals surface area contributed by atoms with Crippen LogP contribution in [0, 0.1) is 17.0 Å². The minimum absolute atomic E-state index is 0.0195. The molecule has 1 amide bonds. The van der Waals surface area contributed by atoms with E-state index in [2.05, 4.69) is 15.5 Å². The number of amides is 1. The molecule has 2 rings (SSSR count). The highest BCUT2D eigenvalue weighted by atomic mass is 35.5. The second-order valence-electron chi connectivity index (χ2n) is 4.86. The number of aryl methyl sites for hydroxylation is 1. The number of nitro benzene ring substituents is 1. The third kappa shape index (κ3) is 5.69. The molecule has 0 unspecified atom stereocenters. The predicted octanol–water partition coefficient (Wildman–Crippen LogP) is 2.48. The number of nitrogens with zero attached hydrogens (tertiary/aromatic N) is 3. The average molecular weight is 384 g/mol. The van der Waals surface area contributed by atoms with Gasteiger partial charge < -0.3 is 15.9 Å². The Bertz CT molecular complexity index is 823. The number of aromatic nitrogens is 1. The summed E-state index contributed by atoms with van der Waals surface area (Å²) in [4.78, 5) is 31.0. The van der Waals surface area contributed by atoms with Crippen molar-refractivity contribution in [1.82, 2.24) is 4.98 Å². The third-order valence-electron chi connectivity index (χ3n) is 2.83. The molecule has 0 fully saturated rings. The van der Waals surface area contributed by atoms with Crippen LogP contribution < -0.4 is 11.1 Å². The van der Waals surface area contributed by atoms with Gasteiger partial charge in [0, 0.05) is 17.1 Å². The summed E-state index contributed by atoms with van der Waals surface area (Å²) >= 11 is 7.20. The van der Waals surface area contributed by atoms with E-state index < -0.39 is 17.4 Å². The van der Waals surface area contributed by atoms with Crippen LogP contribution >= 0.6 is 22.9 Å². The number of carbonyl (C=O) groups excluding carboxylic acids is 1. The van der Waals surface area contributed by atoms with E-state index in [9.17, 15) is 14.9 Å². The van der Waals surface area contributed by atoms with Crippen LogP contribution in [-0.2, 0) is 16.1 Å². The molecule has 0 aliphatic heterocycles. The number of rotatable bonds is 7. The van der Waals surface area contributed by atoms with Crippen molar-refractivity contribution in [3.63, 3.8) is 0 Å². The van der Waals surface area contributed by atoms with Gasteiger partial charge in [0.25, 0.3) is 11.6 Å². The molecule has 9 nitrogen and oxygen atoms in total. The molecule has 0 saturated carbocycles. The zero-order chi connectivity index (χ0) is 18.4. The largest absolute Gasteiger partial charge is 0.384 e. The normalized spacial score (nSPS) is 11.2. The van der Waals surface area contributed by atoms with Gasteiger partial charge >= 0.3 is 0 Å². The Balaban J connectivity index is 1.85. The van der Waals surface area contributed by atoms with Gasteiger partial charge in [0.1, 0.15) is 10.9 Å². The summed E-state index contributed by atoms with van der Waals surface area (Å²) in [7, 11) is 0. The van der Waals surface area contributed by atoms with Crippen LogP contribution in [0.15, 0.2) is 28.7 Å². The molecule has 0 aliphatic carbocycles. The van der Waals surface area contributed by atoms with E-state index in [-0.39, 0.29) is 22.2 Å². The van der Waals surface area contributed by atoms with Crippen LogP contribution in [0.1, 0.15) is 10.7 Å². The average Bonchev–Trinajstić information content (AvgIpc) is 2.93. The summed E-state index contributed by atoms with van der Waals surface area (Å²) in [5.74, 6) is -0.363. The fraction of sp³-hybridized carbons (Fsp3) is 0.214. The van der Waals surface area contributed by atoms with Crippen molar-refractivity contribution < 1.29 is 14.6 Å². The van der Waals surface area contributed by atoms with Crippen molar-refractivity contribution in [3.8, 4) is 0 Å². The van der Waals surface area contributed by atoms with Crippen LogP contribution in [0.2, 0.25) is 5.02 Å². The van der Waals surface area contributed by atoms with Crippen molar-refractivity contribution in [2.45, 2.75) is 13.3 Å². The molecule has 0 bridgehead atoms. The smallest absolute Gasteiger partial charge is 0.289 e. The fourth-order valence-electron chi connectivity index (χ4n) is 1.81. The van der Waals surface area contributed by atoms with E-state index in [0.29, 0.717) is 6.42 Å². The van der Waals surface area contributed by atoms with Gasteiger partial charge in [0.15, 0.2) is 6.61 Å². The minimum atomic E-state index is -0.639. The second-order valence-corrected chi connectivity index (χ2v) is 6.33. The summed E-state index contributed by atoms with van der Waals surface area (Å²) in [5, 5.41) is 19.6. The molecule has 25 heavy (non-hydrogen) atoms. The summed E-state index contributed by atoms with van der Waals surface area (Å²) < 4.78 is 0. The maximum atomic E-state index is 11.8. The lowest BCUT2D eigenvalue weighted by Gasteiger charge is -2.05. The first-order valence-corrected chi connectivity index (χ1v) is 8.20. The minimum Gasteiger partial charge on any atom is -0.384 e. The van der Waals surface area contributed by atoms with Crippen molar-refractivity contribution in [3.05, 3.63) is 49.4 Å². The number of benzene rings is 1. The van der Waals surface area contributed by atoms with E-state index in [0.717, 1.165) is 16.8 Å². The number of nitrogens with two attached hydrogens (primary N) is 1. The molecule has 0 spiro atoms. The molecule has 0 saturated heterocycles. The van der Waals surface area contributed by atoms with Crippen LogP contribution in [0.25, 0.3) is 0 Å². The molecule has 11 heteroatoms. The molecule has 0 atom stereocenters. The Morgan fingerprint density at radius 3 is 2.96 bits per heavy atom. The van der Waals surface area contributed by atoms with Gasteiger partial charge in [-0.25, -0.2) is 4.98 Å². The maximum absolute atomic E-state index is 11.8. The van der Waals surface area contributed by atoms with Gasteiger partial charge in [0.05, 0.1) is 22.0 Å². The number of carbonyl (C=O) groups is 1. The third-order valence-corrected chi connectivity index (χ3v) is 3.97. The van der Waals surface area contributed by atoms with Crippen molar-refractivity contribution in [2.75, 3.05) is 11.9 Å². The summed E-state index contributed by atoms with van der Waals surface area (Å²) in [5.41, 5.74) is 6.38. The second kappa shape index (κ2) is 8.40. The highest BCUT2D eigenvalue weighted by molar-refractivity contribution is 7.09. The molecule has 1 aromatic heterocycles. The first-order chi connectivity index (χ1) is 11.8. The predicted molar refractivity (Wildman–Crippen MR) is 94.9 cm³/mol. The van der Waals surface area contributed by atoms with Crippen LogP contribution in [0.5, 0.6) is 0 Å². The zero-order valence-electron chi connectivity index (χ0n) is 13.1. The van der Waals surface area contributed by atoms with Crippen molar-refractivity contribution in [1.29, 1.82) is 0 Å². The van der Waals surface area contributed by atoms with E-state index in [1.54, 1.807) is 0 Å². The molecule has 2 aromatic rings. The lowest BCUT2D eigenvalue weighted by Crippen LogP contribution is -2.20. The standard InChI is InChI=1S/C14H14ClN5O4S/c1-8-17-10(7-25-8)5-13(16)19-24-6-14(21)18-9-2-3-11(15)12(4-9)20(22)23/h2-4,7H,5-6H2,1H3,(H2,16,19)(H,18,21). The number of hydrogen-bond acceptors (Lipinski definition) is 7. The number of halogens is 1. The Labute approximate surface area is 151 Å². The SMILES string of the molecule is Cc1nc(C/C(N)=N/OCC(=O)Nc2ccc(Cl)c([N+](=O)[O-])c2)cs1. The number of hydrogen-bond donors (Lipinski definition) is 2. The van der Waals surface area contributed by atoms with Crippen LogP contribution in [0.3, 0.4) is 0 Å².